The lowest BCUT2D eigenvalue weighted by molar-refractivity contribution is 0.0342. The fraction of sp³-hybridized carbons (Fsp3) is 0.111. The Kier molecular flexibility index (Phi) is 3.20. The molecule has 0 radical (unpaired) electrons. The predicted octanol–water partition coefficient (Wildman–Crippen LogP) is 4.26. The molecular weight excluding hydrogens is 232 g/mol. The van der Waals surface area contributed by atoms with Crippen LogP contribution in [0.1, 0.15) is 24.2 Å². The maximum atomic E-state index is 4.86. The van der Waals surface area contributed by atoms with Crippen LogP contribution in [-0.4, -0.2) is 4.74 Å². The fourth-order valence-corrected chi connectivity index (χ4v) is 2.32. The molecule has 0 fully saturated rings. The van der Waals surface area contributed by atoms with E-state index in [4.69, 9.17) is 4.74 Å². The summed E-state index contributed by atoms with van der Waals surface area (Å²) in [5, 5.41) is 0. The maximum Gasteiger partial charge on any atom is 0.262 e. The Morgan fingerprint density at radius 2 is 1.47 bits per heavy atom. The first-order valence-corrected chi connectivity index (χ1v) is 6.54. The van der Waals surface area contributed by atoms with Gasteiger partial charge >= 0.3 is 0 Å². The molecule has 0 spiro atoms. The van der Waals surface area contributed by atoms with Crippen LogP contribution in [0.4, 0.5) is 0 Å². The van der Waals surface area contributed by atoms with E-state index in [1.807, 2.05) is 12.1 Å². The SMILES string of the molecule is CC1=CC(c2ccccc2)[OH+]C(c2ccccc2)=C1. The molecule has 1 aliphatic heterocycles. The van der Waals surface area contributed by atoms with Crippen molar-refractivity contribution in [3.63, 3.8) is 0 Å². The van der Waals surface area contributed by atoms with Gasteiger partial charge in [0.2, 0.25) is 6.10 Å². The third kappa shape index (κ3) is 2.60. The number of hydrogen-bond acceptors (Lipinski definition) is 0. The summed E-state index contributed by atoms with van der Waals surface area (Å²) in [5.41, 5.74) is 3.68. The van der Waals surface area contributed by atoms with Crippen molar-refractivity contribution in [1.82, 2.24) is 0 Å². The Hall–Kier alpha value is -2.28. The average molecular weight is 249 g/mol. The van der Waals surface area contributed by atoms with E-state index in [1.165, 1.54) is 16.7 Å². The number of aliphatic hydroxyl groups is 2. The van der Waals surface area contributed by atoms with E-state index < -0.39 is 0 Å². The van der Waals surface area contributed by atoms with Crippen LogP contribution in [0.25, 0.3) is 5.76 Å². The quantitative estimate of drug-likeness (QED) is 0.705. The van der Waals surface area contributed by atoms with Gasteiger partial charge in [0, 0.05) is 17.7 Å². The summed E-state index contributed by atoms with van der Waals surface area (Å²) in [6.07, 6.45) is 4.48. The number of allylic oxidation sites excluding steroid dienone is 2. The zero-order chi connectivity index (χ0) is 13.1. The molecule has 0 amide bonds. The van der Waals surface area contributed by atoms with Crippen molar-refractivity contribution in [2.45, 2.75) is 13.0 Å². The van der Waals surface area contributed by atoms with E-state index in [0.29, 0.717) is 0 Å². The second-order valence-electron chi connectivity index (χ2n) is 4.79. The van der Waals surface area contributed by atoms with Crippen molar-refractivity contribution >= 4 is 5.76 Å². The van der Waals surface area contributed by atoms with Crippen molar-refractivity contribution in [3.05, 3.63) is 89.5 Å². The highest BCUT2D eigenvalue weighted by atomic mass is 16.5. The molecule has 19 heavy (non-hydrogen) atoms. The van der Waals surface area contributed by atoms with Gasteiger partial charge in [-0.2, -0.15) is 0 Å². The van der Waals surface area contributed by atoms with Gasteiger partial charge in [0.05, 0.1) is 5.56 Å². The van der Waals surface area contributed by atoms with Crippen LogP contribution >= 0.6 is 0 Å². The number of rotatable bonds is 2. The van der Waals surface area contributed by atoms with Gasteiger partial charge in [0.15, 0.2) is 0 Å². The van der Waals surface area contributed by atoms with Crippen molar-refractivity contribution in [2.24, 2.45) is 0 Å². The second kappa shape index (κ2) is 5.15. The van der Waals surface area contributed by atoms with Crippen LogP contribution in [0.2, 0.25) is 0 Å². The monoisotopic (exact) mass is 249 g/mol. The second-order valence-corrected chi connectivity index (χ2v) is 4.79. The van der Waals surface area contributed by atoms with Crippen LogP contribution in [0.5, 0.6) is 0 Å². The highest BCUT2D eigenvalue weighted by Gasteiger charge is 2.22. The Bertz CT molecular complexity index is 609. The largest absolute Gasteiger partial charge is 0.574 e. The van der Waals surface area contributed by atoms with Crippen molar-refractivity contribution in [3.8, 4) is 0 Å². The van der Waals surface area contributed by atoms with Gasteiger partial charge in [-0.3, -0.25) is 0 Å². The molecule has 2 aromatic rings. The lowest BCUT2D eigenvalue weighted by atomic mass is 10.0. The first-order chi connectivity index (χ1) is 9.33. The minimum Gasteiger partial charge on any atom is -0.574 e. The summed E-state index contributed by atoms with van der Waals surface area (Å²) < 4.78 is 4.86. The molecule has 1 heterocycles. The molecule has 1 N–H and O–H groups in total. The van der Waals surface area contributed by atoms with Crippen molar-refractivity contribution in [2.75, 3.05) is 0 Å². The lowest BCUT2D eigenvalue weighted by Crippen LogP contribution is -2.10. The van der Waals surface area contributed by atoms with Gasteiger partial charge in [-0.05, 0) is 36.8 Å². The average Bonchev–Trinajstić information content (AvgIpc) is 2.48. The van der Waals surface area contributed by atoms with Crippen LogP contribution in [0.15, 0.2) is 78.4 Å². The summed E-state index contributed by atoms with van der Waals surface area (Å²) >= 11 is 0. The summed E-state index contributed by atoms with van der Waals surface area (Å²) in [5.74, 6) is 1.06. The molecular formula is C18H17O+. The molecule has 1 aliphatic rings. The lowest BCUT2D eigenvalue weighted by Gasteiger charge is -2.20. The van der Waals surface area contributed by atoms with E-state index in [0.717, 1.165) is 5.76 Å². The molecule has 3 rings (SSSR count). The molecule has 1 atom stereocenters. The Labute approximate surface area is 113 Å². The fourth-order valence-electron chi connectivity index (χ4n) is 2.32. The van der Waals surface area contributed by atoms with E-state index in [2.05, 4.69) is 67.6 Å². The summed E-state index contributed by atoms with van der Waals surface area (Å²) in [4.78, 5) is 0. The van der Waals surface area contributed by atoms with Gasteiger partial charge in [-0.25, -0.2) is 0 Å². The predicted molar refractivity (Wildman–Crippen MR) is 79.6 cm³/mol. The van der Waals surface area contributed by atoms with Crippen LogP contribution in [0.3, 0.4) is 0 Å². The number of benzene rings is 2. The van der Waals surface area contributed by atoms with Gasteiger partial charge in [0.25, 0.3) is 5.76 Å². The molecule has 94 valence electrons. The Morgan fingerprint density at radius 1 is 0.842 bits per heavy atom. The highest BCUT2D eigenvalue weighted by Crippen LogP contribution is 2.30. The third-order valence-electron chi connectivity index (χ3n) is 3.27. The third-order valence-corrected chi connectivity index (χ3v) is 3.27. The molecule has 1 heteroatoms. The Morgan fingerprint density at radius 3 is 2.16 bits per heavy atom. The summed E-state index contributed by atoms with van der Waals surface area (Å²) in [6.45, 7) is 2.13. The minimum absolute atomic E-state index is 0.126. The summed E-state index contributed by atoms with van der Waals surface area (Å²) in [6, 6.07) is 20.8. The van der Waals surface area contributed by atoms with E-state index in [1.54, 1.807) is 0 Å². The molecule has 2 aromatic carbocycles. The van der Waals surface area contributed by atoms with Crippen LogP contribution < -0.4 is 0 Å². The first kappa shape index (κ1) is 11.8. The van der Waals surface area contributed by atoms with Gasteiger partial charge in [0.1, 0.15) is 0 Å². The van der Waals surface area contributed by atoms with E-state index in [-0.39, 0.29) is 6.10 Å². The van der Waals surface area contributed by atoms with E-state index >= 15 is 0 Å². The molecule has 0 bridgehead atoms. The van der Waals surface area contributed by atoms with Crippen LogP contribution in [0, 0.1) is 0 Å². The summed E-state index contributed by atoms with van der Waals surface area (Å²) in [7, 11) is 0. The normalized spacial score (nSPS) is 18.3. The number of ether oxygens (including phenoxy) is 1. The minimum atomic E-state index is 0.126. The number of hydrogen-bond donors (Lipinski definition) is 0. The highest BCUT2D eigenvalue weighted by molar-refractivity contribution is 5.63. The van der Waals surface area contributed by atoms with Crippen molar-refractivity contribution < 1.29 is 4.74 Å². The molecule has 1 nitrogen and oxygen atoms in total. The Balaban J connectivity index is 1.92. The molecule has 0 saturated heterocycles. The molecule has 0 saturated carbocycles. The maximum absolute atomic E-state index is 4.86. The first-order valence-electron chi connectivity index (χ1n) is 6.54. The van der Waals surface area contributed by atoms with Crippen molar-refractivity contribution in [1.29, 1.82) is 0 Å². The van der Waals surface area contributed by atoms with Gasteiger partial charge in [-0.1, -0.05) is 36.4 Å². The van der Waals surface area contributed by atoms with E-state index in [9.17, 15) is 0 Å². The molecule has 0 aliphatic carbocycles. The molecule has 0 aromatic heterocycles. The zero-order valence-electron chi connectivity index (χ0n) is 11.0. The van der Waals surface area contributed by atoms with Gasteiger partial charge in [-0.15, -0.1) is 0 Å². The smallest absolute Gasteiger partial charge is 0.262 e. The topological polar surface area (TPSA) is 12.8 Å². The standard InChI is InChI=1S/C18H16O/c1-14-12-17(15-8-4-2-5-9-15)19-18(13-14)16-10-6-3-7-11-16/h2-13,17H,1H3/p+1. The van der Waals surface area contributed by atoms with Crippen LogP contribution in [-0.2, 0) is 0 Å². The zero-order valence-corrected chi connectivity index (χ0v) is 11.0. The van der Waals surface area contributed by atoms with Gasteiger partial charge < -0.3 is 4.74 Å². The molecule has 1 unspecified atom stereocenters.